The first-order valence-electron chi connectivity index (χ1n) is 12.1. The zero-order valence-electron chi connectivity index (χ0n) is 21.6. The standard InChI is InChI=1S/C28H29N5O5/c1-17-8-5-10-19(14-17)24-26(31-28(2,3)4)32-13-7-12-21(25(32)30-24)27(36)29-22(16-23(34)35)18-9-6-11-20(15-18)33(37)38/h5-15,22,31H,16H2,1-4H3,(H,29,36)(H,34,35). The van der Waals surface area contributed by atoms with Gasteiger partial charge < -0.3 is 15.7 Å². The minimum Gasteiger partial charge on any atom is -0.481 e. The fourth-order valence-electron chi connectivity index (χ4n) is 4.23. The largest absolute Gasteiger partial charge is 0.481 e. The van der Waals surface area contributed by atoms with Crippen LogP contribution < -0.4 is 10.6 Å². The van der Waals surface area contributed by atoms with Crippen molar-refractivity contribution in [2.45, 2.75) is 45.7 Å². The number of fused-ring (bicyclic) bond motifs is 1. The molecule has 0 aliphatic rings. The second-order valence-electron chi connectivity index (χ2n) is 10.1. The maximum absolute atomic E-state index is 13.5. The lowest BCUT2D eigenvalue weighted by Crippen LogP contribution is -2.30. The molecule has 2 aromatic heterocycles. The Kier molecular flexibility index (Phi) is 7.16. The molecule has 1 amide bonds. The van der Waals surface area contributed by atoms with Crippen molar-refractivity contribution in [2.24, 2.45) is 0 Å². The first-order valence-corrected chi connectivity index (χ1v) is 12.1. The van der Waals surface area contributed by atoms with Gasteiger partial charge in [0.25, 0.3) is 11.6 Å². The molecule has 10 nitrogen and oxygen atoms in total. The van der Waals surface area contributed by atoms with Crippen LogP contribution in [0.15, 0.2) is 66.9 Å². The minimum absolute atomic E-state index is 0.191. The molecule has 1 atom stereocenters. The van der Waals surface area contributed by atoms with Gasteiger partial charge in [0.05, 0.1) is 22.9 Å². The molecular formula is C28H29N5O5. The Labute approximate surface area is 219 Å². The Balaban J connectivity index is 1.80. The molecule has 0 fully saturated rings. The fraction of sp³-hybridized carbons (Fsp3) is 0.250. The van der Waals surface area contributed by atoms with Gasteiger partial charge in [-0.25, -0.2) is 4.98 Å². The quantitative estimate of drug-likeness (QED) is 0.212. The molecule has 3 N–H and O–H groups in total. The van der Waals surface area contributed by atoms with Gasteiger partial charge in [-0.2, -0.15) is 0 Å². The minimum atomic E-state index is -1.15. The van der Waals surface area contributed by atoms with E-state index in [2.05, 4.69) is 10.6 Å². The van der Waals surface area contributed by atoms with E-state index in [0.717, 1.165) is 11.1 Å². The molecule has 196 valence electrons. The number of benzene rings is 2. The fourth-order valence-corrected chi connectivity index (χ4v) is 4.23. The van der Waals surface area contributed by atoms with Gasteiger partial charge in [-0.1, -0.05) is 35.9 Å². The van der Waals surface area contributed by atoms with Crippen molar-refractivity contribution in [3.05, 3.63) is 93.7 Å². The Bertz CT molecular complexity index is 1540. The number of nitro benzene ring substituents is 1. The van der Waals surface area contributed by atoms with E-state index in [1.54, 1.807) is 22.6 Å². The van der Waals surface area contributed by atoms with E-state index in [1.165, 1.54) is 18.2 Å². The number of pyridine rings is 1. The lowest BCUT2D eigenvalue weighted by atomic mass is 10.0. The molecule has 1 unspecified atom stereocenters. The van der Waals surface area contributed by atoms with Gasteiger partial charge in [0.1, 0.15) is 11.5 Å². The average molecular weight is 516 g/mol. The SMILES string of the molecule is Cc1cccc(-c2nc3c(C(=O)NC(CC(=O)O)c4cccc([N+](=O)[O-])c4)cccn3c2NC(C)(C)C)c1. The number of carbonyl (C=O) groups is 2. The third-order valence-electron chi connectivity index (χ3n) is 5.85. The lowest BCUT2D eigenvalue weighted by Gasteiger charge is -2.23. The molecule has 2 heterocycles. The van der Waals surface area contributed by atoms with Crippen LogP contribution >= 0.6 is 0 Å². The van der Waals surface area contributed by atoms with E-state index in [1.807, 2.05) is 58.2 Å². The van der Waals surface area contributed by atoms with Crippen LogP contribution in [0.4, 0.5) is 11.5 Å². The molecule has 0 bridgehead atoms. The molecule has 4 rings (SSSR count). The van der Waals surface area contributed by atoms with Crippen molar-refractivity contribution >= 4 is 29.0 Å². The van der Waals surface area contributed by atoms with Gasteiger partial charge in [-0.05, 0) is 51.5 Å². The summed E-state index contributed by atoms with van der Waals surface area (Å²) in [5, 5.41) is 27.0. The zero-order chi connectivity index (χ0) is 27.6. The Morgan fingerprint density at radius 3 is 2.50 bits per heavy atom. The van der Waals surface area contributed by atoms with Crippen molar-refractivity contribution in [1.82, 2.24) is 14.7 Å². The molecular weight excluding hydrogens is 486 g/mol. The van der Waals surface area contributed by atoms with Crippen LogP contribution in [0.2, 0.25) is 0 Å². The highest BCUT2D eigenvalue weighted by Gasteiger charge is 2.25. The van der Waals surface area contributed by atoms with E-state index < -0.39 is 29.3 Å². The number of amides is 1. The van der Waals surface area contributed by atoms with Crippen molar-refractivity contribution in [3.8, 4) is 11.3 Å². The van der Waals surface area contributed by atoms with Crippen LogP contribution in [0.3, 0.4) is 0 Å². The Morgan fingerprint density at radius 2 is 1.84 bits per heavy atom. The summed E-state index contributed by atoms with van der Waals surface area (Å²) in [7, 11) is 0. The first kappa shape index (κ1) is 26.3. The third-order valence-corrected chi connectivity index (χ3v) is 5.85. The van der Waals surface area contributed by atoms with E-state index in [9.17, 15) is 24.8 Å². The number of carboxylic acid groups (broad SMARTS) is 1. The first-order chi connectivity index (χ1) is 17.9. The summed E-state index contributed by atoms with van der Waals surface area (Å²) in [6, 6.07) is 15.8. The molecule has 0 saturated heterocycles. The molecule has 0 aliphatic heterocycles. The normalized spacial score (nSPS) is 12.2. The van der Waals surface area contributed by atoms with Crippen molar-refractivity contribution < 1.29 is 19.6 Å². The lowest BCUT2D eigenvalue weighted by molar-refractivity contribution is -0.384. The number of nitro groups is 1. The van der Waals surface area contributed by atoms with Gasteiger partial charge in [0, 0.05) is 29.4 Å². The average Bonchev–Trinajstić information content (AvgIpc) is 3.20. The van der Waals surface area contributed by atoms with Crippen molar-refractivity contribution in [1.29, 1.82) is 0 Å². The molecule has 0 spiro atoms. The van der Waals surface area contributed by atoms with Crippen LogP contribution in [-0.2, 0) is 4.79 Å². The summed E-state index contributed by atoms with van der Waals surface area (Å²) >= 11 is 0. The molecule has 0 saturated carbocycles. The highest BCUT2D eigenvalue weighted by Crippen LogP contribution is 2.32. The van der Waals surface area contributed by atoms with Gasteiger partial charge in [-0.15, -0.1) is 0 Å². The number of carbonyl (C=O) groups excluding carboxylic acids is 1. The summed E-state index contributed by atoms with van der Waals surface area (Å²) in [5.74, 6) is -0.982. The number of nitrogens with zero attached hydrogens (tertiary/aromatic N) is 3. The number of aromatic nitrogens is 2. The van der Waals surface area contributed by atoms with E-state index in [0.29, 0.717) is 22.7 Å². The van der Waals surface area contributed by atoms with Gasteiger partial charge >= 0.3 is 5.97 Å². The Hall–Kier alpha value is -4.73. The smallest absolute Gasteiger partial charge is 0.305 e. The van der Waals surface area contributed by atoms with Crippen LogP contribution in [0.25, 0.3) is 16.9 Å². The second kappa shape index (κ2) is 10.3. The number of anilines is 1. The molecule has 10 heteroatoms. The molecule has 2 aromatic carbocycles. The Morgan fingerprint density at radius 1 is 1.11 bits per heavy atom. The number of hydrogen-bond donors (Lipinski definition) is 3. The predicted octanol–water partition coefficient (Wildman–Crippen LogP) is 5.37. The summed E-state index contributed by atoms with van der Waals surface area (Å²) < 4.78 is 1.80. The maximum atomic E-state index is 13.5. The number of nitrogens with one attached hydrogen (secondary N) is 2. The van der Waals surface area contributed by atoms with Crippen molar-refractivity contribution in [3.63, 3.8) is 0 Å². The highest BCUT2D eigenvalue weighted by molar-refractivity contribution is 6.01. The van der Waals surface area contributed by atoms with Crippen LogP contribution in [0.5, 0.6) is 0 Å². The number of carboxylic acids is 1. The van der Waals surface area contributed by atoms with Crippen LogP contribution in [0, 0.1) is 17.0 Å². The van der Waals surface area contributed by atoms with Crippen LogP contribution in [-0.4, -0.2) is 36.8 Å². The topological polar surface area (TPSA) is 139 Å². The predicted molar refractivity (Wildman–Crippen MR) is 144 cm³/mol. The summed E-state index contributed by atoms with van der Waals surface area (Å²) in [6.45, 7) is 8.07. The summed E-state index contributed by atoms with van der Waals surface area (Å²) in [4.78, 5) is 40.6. The molecule has 0 radical (unpaired) electrons. The third kappa shape index (κ3) is 5.80. The zero-order valence-corrected chi connectivity index (χ0v) is 21.6. The molecule has 4 aromatic rings. The number of hydrogen-bond acceptors (Lipinski definition) is 6. The number of aliphatic carboxylic acids is 1. The highest BCUT2D eigenvalue weighted by atomic mass is 16.6. The van der Waals surface area contributed by atoms with Gasteiger partial charge in [0.2, 0.25) is 0 Å². The maximum Gasteiger partial charge on any atom is 0.305 e. The number of aryl methyl sites for hydroxylation is 1. The van der Waals surface area contributed by atoms with E-state index in [4.69, 9.17) is 4.98 Å². The van der Waals surface area contributed by atoms with Gasteiger partial charge in [-0.3, -0.25) is 24.1 Å². The monoisotopic (exact) mass is 515 g/mol. The van der Waals surface area contributed by atoms with E-state index in [-0.39, 0.29) is 16.8 Å². The number of imidazole rings is 1. The van der Waals surface area contributed by atoms with Gasteiger partial charge in [0.15, 0.2) is 5.65 Å². The summed E-state index contributed by atoms with van der Waals surface area (Å²) in [6.07, 6.45) is 1.36. The summed E-state index contributed by atoms with van der Waals surface area (Å²) in [5.41, 5.74) is 3.07. The number of rotatable bonds is 8. The number of non-ortho nitro benzene ring substituents is 1. The molecule has 38 heavy (non-hydrogen) atoms. The van der Waals surface area contributed by atoms with E-state index >= 15 is 0 Å². The van der Waals surface area contributed by atoms with Crippen LogP contribution in [0.1, 0.15) is 54.7 Å². The van der Waals surface area contributed by atoms with Crippen molar-refractivity contribution in [2.75, 3.05) is 5.32 Å². The molecule has 0 aliphatic carbocycles. The second-order valence-corrected chi connectivity index (χ2v) is 10.1.